The SMILES string of the molecule is C=CC(=O)Nc1ccc(-c2cccc(Nc3cc(NC(=O)C4CC4)nnc3C(N)=O)c2OC)cc1. The second kappa shape index (κ2) is 10.0. The maximum absolute atomic E-state index is 12.1. The third-order valence-electron chi connectivity index (χ3n) is 5.36. The molecule has 4 rings (SSSR count). The molecule has 0 spiro atoms. The zero-order valence-electron chi connectivity index (χ0n) is 19.0. The van der Waals surface area contributed by atoms with Gasteiger partial charge < -0.3 is 26.4 Å². The molecule has 10 nitrogen and oxygen atoms in total. The Morgan fingerprint density at radius 2 is 1.80 bits per heavy atom. The Kier molecular flexibility index (Phi) is 6.72. The second-order valence-electron chi connectivity index (χ2n) is 7.90. The van der Waals surface area contributed by atoms with Crippen molar-refractivity contribution in [2.24, 2.45) is 11.7 Å². The first kappa shape index (κ1) is 23.4. The van der Waals surface area contributed by atoms with E-state index >= 15 is 0 Å². The number of aromatic nitrogens is 2. The van der Waals surface area contributed by atoms with E-state index in [-0.39, 0.29) is 34.9 Å². The Hall–Kier alpha value is -4.73. The number of benzene rings is 2. The van der Waals surface area contributed by atoms with Gasteiger partial charge in [0.1, 0.15) is 5.75 Å². The smallest absolute Gasteiger partial charge is 0.271 e. The van der Waals surface area contributed by atoms with Crippen LogP contribution in [0.25, 0.3) is 11.1 Å². The lowest BCUT2D eigenvalue weighted by Gasteiger charge is -2.17. The lowest BCUT2D eigenvalue weighted by Crippen LogP contribution is -2.19. The number of ether oxygens (including phenoxy) is 1. The van der Waals surface area contributed by atoms with E-state index in [1.165, 1.54) is 19.3 Å². The minimum atomic E-state index is -0.771. The van der Waals surface area contributed by atoms with Gasteiger partial charge in [0.05, 0.1) is 18.5 Å². The first-order valence-corrected chi connectivity index (χ1v) is 10.9. The van der Waals surface area contributed by atoms with Crippen LogP contribution in [-0.4, -0.2) is 35.0 Å². The fourth-order valence-corrected chi connectivity index (χ4v) is 3.46. The number of hydrogen-bond acceptors (Lipinski definition) is 7. The summed E-state index contributed by atoms with van der Waals surface area (Å²) < 4.78 is 5.68. The van der Waals surface area contributed by atoms with E-state index in [4.69, 9.17) is 10.5 Å². The Balaban J connectivity index is 1.65. The van der Waals surface area contributed by atoms with E-state index in [9.17, 15) is 14.4 Å². The van der Waals surface area contributed by atoms with Gasteiger partial charge in [0.25, 0.3) is 5.91 Å². The fraction of sp³-hybridized carbons (Fsp3) is 0.160. The van der Waals surface area contributed by atoms with Crippen LogP contribution in [0, 0.1) is 5.92 Å². The average Bonchev–Trinajstić information content (AvgIpc) is 3.70. The molecule has 178 valence electrons. The van der Waals surface area contributed by atoms with Gasteiger partial charge in [-0.05, 0) is 42.7 Å². The number of amides is 3. The van der Waals surface area contributed by atoms with Gasteiger partial charge in [0, 0.05) is 23.2 Å². The Morgan fingerprint density at radius 3 is 2.43 bits per heavy atom. The third-order valence-corrected chi connectivity index (χ3v) is 5.36. The molecule has 0 saturated heterocycles. The van der Waals surface area contributed by atoms with Gasteiger partial charge in [-0.25, -0.2) is 0 Å². The topological polar surface area (TPSA) is 148 Å². The molecule has 1 heterocycles. The standard InChI is InChI=1S/C25H24N6O4/c1-3-21(32)27-16-11-9-14(10-12-16)17-5-4-6-18(23(17)35-2)28-19-13-20(29-25(34)15-7-8-15)30-31-22(19)24(26)33/h3-6,9-13,15H,1,7-8H2,2H3,(H2,26,33)(H,27,32)(H2,28,29,30,34). The van der Waals surface area contributed by atoms with Gasteiger partial charge in [-0.2, -0.15) is 0 Å². The van der Waals surface area contributed by atoms with Crippen molar-refractivity contribution >= 4 is 40.6 Å². The highest BCUT2D eigenvalue weighted by Crippen LogP contribution is 2.39. The first-order chi connectivity index (χ1) is 16.9. The van der Waals surface area contributed by atoms with E-state index in [0.29, 0.717) is 17.1 Å². The normalized spacial score (nSPS) is 12.4. The van der Waals surface area contributed by atoms with Gasteiger partial charge in [-0.1, -0.05) is 30.8 Å². The van der Waals surface area contributed by atoms with E-state index < -0.39 is 5.91 Å². The number of nitrogens with zero attached hydrogens (tertiary/aromatic N) is 2. The molecule has 1 saturated carbocycles. The van der Waals surface area contributed by atoms with Crippen LogP contribution in [0.15, 0.2) is 61.2 Å². The molecule has 35 heavy (non-hydrogen) atoms. The number of rotatable bonds is 9. The summed E-state index contributed by atoms with van der Waals surface area (Å²) in [5.74, 6) is -0.507. The molecule has 0 aliphatic heterocycles. The van der Waals surface area contributed by atoms with Crippen molar-refractivity contribution in [3.8, 4) is 16.9 Å². The Labute approximate surface area is 201 Å². The van der Waals surface area contributed by atoms with Crippen LogP contribution in [0.3, 0.4) is 0 Å². The van der Waals surface area contributed by atoms with Crippen molar-refractivity contribution in [1.82, 2.24) is 10.2 Å². The molecule has 0 bridgehead atoms. The highest BCUT2D eigenvalue weighted by molar-refractivity contribution is 6.00. The predicted molar refractivity (Wildman–Crippen MR) is 132 cm³/mol. The highest BCUT2D eigenvalue weighted by Gasteiger charge is 2.30. The Morgan fingerprint density at radius 1 is 1.06 bits per heavy atom. The van der Waals surface area contributed by atoms with Crippen molar-refractivity contribution < 1.29 is 19.1 Å². The summed E-state index contributed by atoms with van der Waals surface area (Å²) in [5.41, 5.74) is 8.46. The molecule has 3 aromatic rings. The van der Waals surface area contributed by atoms with Gasteiger partial charge in [0.15, 0.2) is 11.5 Å². The van der Waals surface area contributed by atoms with Crippen LogP contribution in [0.2, 0.25) is 0 Å². The summed E-state index contributed by atoms with van der Waals surface area (Å²) in [6.45, 7) is 3.44. The molecule has 0 atom stereocenters. The van der Waals surface area contributed by atoms with Crippen molar-refractivity contribution in [1.29, 1.82) is 0 Å². The Bertz CT molecular complexity index is 1300. The monoisotopic (exact) mass is 472 g/mol. The number of carbonyl (C=O) groups excluding carboxylic acids is 3. The molecule has 0 radical (unpaired) electrons. The summed E-state index contributed by atoms with van der Waals surface area (Å²) in [5, 5.41) is 16.4. The van der Waals surface area contributed by atoms with Crippen LogP contribution < -0.4 is 26.4 Å². The quantitative estimate of drug-likeness (QED) is 0.349. The number of nitrogens with one attached hydrogen (secondary N) is 3. The minimum Gasteiger partial charge on any atom is -0.494 e. The lowest BCUT2D eigenvalue weighted by molar-refractivity contribution is -0.117. The molecule has 10 heteroatoms. The summed E-state index contributed by atoms with van der Waals surface area (Å²) in [6.07, 6.45) is 2.88. The van der Waals surface area contributed by atoms with Crippen molar-refractivity contribution in [3.05, 3.63) is 66.9 Å². The predicted octanol–water partition coefficient (Wildman–Crippen LogP) is 3.47. The zero-order valence-corrected chi connectivity index (χ0v) is 19.0. The van der Waals surface area contributed by atoms with E-state index in [1.807, 2.05) is 24.3 Å². The summed E-state index contributed by atoms with van der Waals surface area (Å²) in [7, 11) is 1.53. The van der Waals surface area contributed by atoms with Crippen molar-refractivity contribution in [2.75, 3.05) is 23.1 Å². The summed E-state index contributed by atoms with van der Waals surface area (Å²) >= 11 is 0. The zero-order chi connectivity index (χ0) is 24.9. The van der Waals surface area contributed by atoms with Crippen molar-refractivity contribution in [2.45, 2.75) is 12.8 Å². The first-order valence-electron chi connectivity index (χ1n) is 10.9. The minimum absolute atomic E-state index is 0.0164. The molecule has 1 fully saturated rings. The molecular weight excluding hydrogens is 448 g/mol. The second-order valence-corrected chi connectivity index (χ2v) is 7.90. The van der Waals surface area contributed by atoms with Crippen LogP contribution in [0.1, 0.15) is 23.3 Å². The molecule has 5 N–H and O–H groups in total. The number of primary amides is 1. The largest absolute Gasteiger partial charge is 0.494 e. The molecule has 0 unspecified atom stereocenters. The number of anilines is 4. The number of hydrogen-bond donors (Lipinski definition) is 4. The number of methoxy groups -OCH3 is 1. The summed E-state index contributed by atoms with van der Waals surface area (Å²) in [6, 6.07) is 14.2. The number of nitrogens with two attached hydrogens (primary N) is 1. The number of para-hydroxylation sites is 1. The fourth-order valence-electron chi connectivity index (χ4n) is 3.46. The number of carbonyl (C=O) groups is 3. The maximum Gasteiger partial charge on any atom is 0.271 e. The molecule has 3 amide bonds. The molecule has 2 aromatic carbocycles. The van der Waals surface area contributed by atoms with Crippen molar-refractivity contribution in [3.63, 3.8) is 0 Å². The van der Waals surface area contributed by atoms with Crippen LogP contribution in [0.5, 0.6) is 5.75 Å². The molecular formula is C25H24N6O4. The molecule has 1 aromatic heterocycles. The maximum atomic E-state index is 12.1. The van der Waals surface area contributed by atoms with E-state index in [1.54, 1.807) is 18.2 Å². The van der Waals surface area contributed by atoms with Crippen LogP contribution in [-0.2, 0) is 9.59 Å². The molecule has 1 aliphatic carbocycles. The van der Waals surface area contributed by atoms with E-state index in [2.05, 4.69) is 32.7 Å². The third kappa shape index (κ3) is 5.44. The van der Waals surface area contributed by atoms with Gasteiger partial charge >= 0.3 is 0 Å². The molecule has 1 aliphatic rings. The van der Waals surface area contributed by atoms with E-state index in [0.717, 1.165) is 24.0 Å². The van der Waals surface area contributed by atoms with Gasteiger partial charge in [0.2, 0.25) is 11.8 Å². The summed E-state index contributed by atoms with van der Waals surface area (Å²) in [4.78, 5) is 35.6. The highest BCUT2D eigenvalue weighted by atomic mass is 16.5. The van der Waals surface area contributed by atoms with Crippen LogP contribution >= 0.6 is 0 Å². The van der Waals surface area contributed by atoms with Gasteiger partial charge in [-0.3, -0.25) is 14.4 Å². The van der Waals surface area contributed by atoms with Crippen LogP contribution in [0.4, 0.5) is 22.9 Å². The average molecular weight is 473 g/mol. The lowest BCUT2D eigenvalue weighted by atomic mass is 10.0. The van der Waals surface area contributed by atoms with Gasteiger partial charge in [-0.15, -0.1) is 10.2 Å².